The molecule has 0 amide bonds. The minimum Gasteiger partial charge on any atom is -0.387 e. The smallest absolute Gasteiger partial charge is 0.131 e. The van der Waals surface area contributed by atoms with E-state index in [9.17, 15) is 13.9 Å². The lowest BCUT2D eigenvalue weighted by atomic mass is 10.1. The molecule has 2 atom stereocenters. The van der Waals surface area contributed by atoms with Gasteiger partial charge in [0.15, 0.2) is 0 Å². The van der Waals surface area contributed by atoms with Crippen molar-refractivity contribution < 1.29 is 13.9 Å². The number of β-amino-alcohol motifs (C(OH)–C–C–N with tert-alkyl or cyclic N) is 1. The Morgan fingerprint density at radius 3 is 2.50 bits per heavy atom. The molecular weight excluding hydrogens is 328 g/mol. The predicted octanol–water partition coefficient (Wildman–Crippen LogP) is 4.11. The van der Waals surface area contributed by atoms with Crippen LogP contribution in [0.1, 0.15) is 18.1 Å². The summed E-state index contributed by atoms with van der Waals surface area (Å²) in [5.41, 5.74) is -0.223. The normalized spacial score (nSPS) is 19.5. The first-order chi connectivity index (χ1) is 11.6. The van der Waals surface area contributed by atoms with Gasteiger partial charge in [-0.1, -0.05) is 24.3 Å². The fraction of sp³-hybridized carbons (Fsp3) is 0.368. The molecule has 0 aliphatic carbocycles. The van der Waals surface area contributed by atoms with Crippen molar-refractivity contribution in [2.24, 2.45) is 5.92 Å². The number of likely N-dealkylation sites (tertiary alicyclic amines) is 1. The van der Waals surface area contributed by atoms with Crippen LogP contribution >= 0.6 is 11.8 Å². The molecule has 1 saturated heterocycles. The van der Waals surface area contributed by atoms with Crippen LogP contribution in [0.25, 0.3) is 0 Å². The SMILES string of the molecule is OC(CN1CCC(CSc2ccccc2)C1)c1c(F)cccc1F. The van der Waals surface area contributed by atoms with Gasteiger partial charge >= 0.3 is 0 Å². The Morgan fingerprint density at radius 2 is 1.79 bits per heavy atom. The van der Waals surface area contributed by atoms with E-state index in [1.807, 2.05) is 30.0 Å². The molecule has 0 aromatic heterocycles. The minimum atomic E-state index is -1.13. The van der Waals surface area contributed by atoms with E-state index in [1.54, 1.807) is 0 Å². The van der Waals surface area contributed by atoms with Gasteiger partial charge in [-0.2, -0.15) is 0 Å². The zero-order valence-corrected chi connectivity index (χ0v) is 14.2. The summed E-state index contributed by atoms with van der Waals surface area (Å²) < 4.78 is 27.5. The first kappa shape index (κ1) is 17.4. The molecule has 24 heavy (non-hydrogen) atoms. The molecule has 0 spiro atoms. The molecule has 1 heterocycles. The lowest BCUT2D eigenvalue weighted by Crippen LogP contribution is -2.27. The predicted molar refractivity (Wildman–Crippen MR) is 93.0 cm³/mol. The van der Waals surface area contributed by atoms with Crippen molar-refractivity contribution >= 4 is 11.8 Å². The molecule has 2 nitrogen and oxygen atoms in total. The fourth-order valence-electron chi connectivity index (χ4n) is 3.11. The third-order valence-corrected chi connectivity index (χ3v) is 5.61. The van der Waals surface area contributed by atoms with Crippen LogP contribution in [-0.2, 0) is 0 Å². The van der Waals surface area contributed by atoms with Crippen molar-refractivity contribution in [2.75, 3.05) is 25.4 Å². The zero-order valence-electron chi connectivity index (χ0n) is 13.4. The van der Waals surface area contributed by atoms with Gasteiger partial charge in [0.1, 0.15) is 11.6 Å². The summed E-state index contributed by atoms with van der Waals surface area (Å²) in [6.45, 7) is 1.98. The van der Waals surface area contributed by atoms with Gasteiger partial charge < -0.3 is 10.0 Å². The topological polar surface area (TPSA) is 23.5 Å². The standard InChI is InChI=1S/C19H21F2NOS/c20-16-7-4-8-17(21)19(16)18(23)12-22-10-9-14(11-22)13-24-15-5-2-1-3-6-15/h1-8,14,18,23H,9-13H2. The van der Waals surface area contributed by atoms with E-state index in [1.165, 1.54) is 23.1 Å². The third kappa shape index (κ3) is 4.35. The summed E-state index contributed by atoms with van der Waals surface area (Å²) in [6.07, 6.45) is -0.0847. The van der Waals surface area contributed by atoms with Crippen LogP contribution in [0.2, 0.25) is 0 Å². The van der Waals surface area contributed by atoms with Crippen LogP contribution in [0, 0.1) is 17.6 Å². The average molecular weight is 349 g/mol. The minimum absolute atomic E-state index is 0.223. The number of halogens is 2. The molecule has 128 valence electrons. The highest BCUT2D eigenvalue weighted by molar-refractivity contribution is 7.99. The summed E-state index contributed by atoms with van der Waals surface area (Å²) >= 11 is 1.83. The molecule has 1 fully saturated rings. The Balaban J connectivity index is 1.51. The second kappa shape index (κ2) is 8.10. The van der Waals surface area contributed by atoms with E-state index in [4.69, 9.17) is 0 Å². The van der Waals surface area contributed by atoms with E-state index in [0.29, 0.717) is 5.92 Å². The molecule has 0 bridgehead atoms. The van der Waals surface area contributed by atoms with Gasteiger partial charge in [-0.3, -0.25) is 0 Å². The molecule has 3 rings (SSSR count). The van der Waals surface area contributed by atoms with Gasteiger partial charge in [0.05, 0.1) is 11.7 Å². The van der Waals surface area contributed by atoms with Crippen molar-refractivity contribution in [3.8, 4) is 0 Å². The average Bonchev–Trinajstić information content (AvgIpc) is 3.01. The third-order valence-electron chi connectivity index (χ3n) is 4.36. The van der Waals surface area contributed by atoms with E-state index in [2.05, 4.69) is 17.0 Å². The van der Waals surface area contributed by atoms with Crippen LogP contribution < -0.4 is 0 Å². The lowest BCUT2D eigenvalue weighted by molar-refractivity contribution is 0.117. The first-order valence-corrected chi connectivity index (χ1v) is 9.14. The van der Waals surface area contributed by atoms with Crippen molar-refractivity contribution in [1.29, 1.82) is 0 Å². The largest absolute Gasteiger partial charge is 0.387 e. The number of aliphatic hydroxyl groups excluding tert-OH is 1. The maximum atomic E-state index is 13.7. The van der Waals surface area contributed by atoms with Gasteiger partial charge in [0.2, 0.25) is 0 Å². The van der Waals surface area contributed by atoms with Crippen molar-refractivity contribution in [2.45, 2.75) is 17.4 Å². The lowest BCUT2D eigenvalue weighted by Gasteiger charge is -2.21. The number of nitrogens with zero attached hydrogens (tertiary/aromatic N) is 1. The zero-order chi connectivity index (χ0) is 16.9. The van der Waals surface area contributed by atoms with E-state index in [0.717, 1.165) is 25.3 Å². The van der Waals surface area contributed by atoms with Crippen LogP contribution in [0.4, 0.5) is 8.78 Å². The highest BCUT2D eigenvalue weighted by Crippen LogP contribution is 2.28. The van der Waals surface area contributed by atoms with Crippen molar-refractivity contribution in [3.63, 3.8) is 0 Å². The van der Waals surface area contributed by atoms with Gasteiger partial charge in [-0.25, -0.2) is 8.78 Å². The van der Waals surface area contributed by atoms with Crippen LogP contribution in [0.3, 0.4) is 0 Å². The second-order valence-electron chi connectivity index (χ2n) is 6.19. The second-order valence-corrected chi connectivity index (χ2v) is 7.28. The Morgan fingerprint density at radius 1 is 1.08 bits per heavy atom. The van der Waals surface area contributed by atoms with Gasteiger partial charge in [-0.05, 0) is 43.1 Å². The Bertz CT molecular complexity index is 647. The number of rotatable bonds is 6. The van der Waals surface area contributed by atoms with Crippen molar-refractivity contribution in [1.82, 2.24) is 4.90 Å². The summed E-state index contributed by atoms with van der Waals surface area (Å²) in [5.74, 6) is 0.189. The number of hydrogen-bond acceptors (Lipinski definition) is 3. The van der Waals surface area contributed by atoms with Gasteiger partial charge in [0.25, 0.3) is 0 Å². The Labute approximate surface area is 145 Å². The molecule has 1 aliphatic heterocycles. The molecule has 0 saturated carbocycles. The summed E-state index contributed by atoms with van der Waals surface area (Å²) in [6, 6.07) is 13.9. The van der Waals surface area contributed by atoms with Crippen molar-refractivity contribution in [3.05, 3.63) is 65.7 Å². The highest BCUT2D eigenvalue weighted by Gasteiger charge is 2.26. The summed E-state index contributed by atoms with van der Waals surface area (Å²) in [5, 5.41) is 10.2. The molecule has 2 unspecified atom stereocenters. The molecule has 2 aromatic rings. The molecular formula is C19H21F2NOS. The van der Waals surface area contributed by atoms with E-state index >= 15 is 0 Å². The molecule has 0 radical (unpaired) electrons. The number of benzene rings is 2. The molecule has 5 heteroatoms. The highest BCUT2D eigenvalue weighted by atomic mass is 32.2. The Kier molecular flexibility index (Phi) is 5.87. The Hall–Kier alpha value is -1.43. The number of aliphatic hydroxyl groups is 1. The van der Waals surface area contributed by atoms with Gasteiger partial charge in [0, 0.05) is 23.7 Å². The quantitative estimate of drug-likeness (QED) is 0.794. The van der Waals surface area contributed by atoms with E-state index in [-0.39, 0.29) is 12.1 Å². The summed E-state index contributed by atoms with van der Waals surface area (Å²) in [7, 11) is 0. The van der Waals surface area contributed by atoms with Crippen LogP contribution in [0.15, 0.2) is 53.4 Å². The molecule has 1 aliphatic rings. The van der Waals surface area contributed by atoms with E-state index < -0.39 is 17.7 Å². The number of hydrogen-bond donors (Lipinski definition) is 1. The maximum absolute atomic E-state index is 13.7. The maximum Gasteiger partial charge on any atom is 0.131 e. The molecule has 2 aromatic carbocycles. The monoisotopic (exact) mass is 349 g/mol. The molecule has 1 N–H and O–H groups in total. The van der Waals surface area contributed by atoms with Crippen LogP contribution in [-0.4, -0.2) is 35.4 Å². The van der Waals surface area contributed by atoms with Crippen LogP contribution in [0.5, 0.6) is 0 Å². The van der Waals surface area contributed by atoms with Gasteiger partial charge in [-0.15, -0.1) is 11.8 Å². The first-order valence-electron chi connectivity index (χ1n) is 8.15. The summed E-state index contributed by atoms with van der Waals surface area (Å²) in [4.78, 5) is 3.34. The number of thioether (sulfide) groups is 1. The fourth-order valence-corrected chi connectivity index (χ4v) is 4.16.